The van der Waals surface area contributed by atoms with Crippen molar-refractivity contribution in [2.24, 2.45) is 11.8 Å². The molecule has 180 valence electrons. The highest BCUT2D eigenvalue weighted by Gasteiger charge is 2.74. The lowest BCUT2D eigenvalue weighted by atomic mass is 9.77. The van der Waals surface area contributed by atoms with Crippen molar-refractivity contribution in [3.63, 3.8) is 0 Å². The van der Waals surface area contributed by atoms with E-state index < -0.39 is 46.9 Å². The second-order valence-corrected chi connectivity index (χ2v) is 9.30. The summed E-state index contributed by atoms with van der Waals surface area (Å²) in [6.45, 7) is 4.08. The zero-order valence-electron chi connectivity index (χ0n) is 19.8. The number of para-hydroxylation sites is 2. The Labute approximate surface area is 207 Å². The van der Waals surface area contributed by atoms with Crippen molar-refractivity contribution in [3.8, 4) is 5.75 Å². The third-order valence-electron chi connectivity index (χ3n) is 7.33. The summed E-state index contributed by atoms with van der Waals surface area (Å²) < 4.78 is 12.0. The molecule has 3 aliphatic rings. The molecule has 36 heavy (non-hydrogen) atoms. The Kier molecular flexibility index (Phi) is 4.95. The van der Waals surface area contributed by atoms with Crippen LogP contribution in [0.1, 0.15) is 44.9 Å². The molecule has 2 amide bonds. The van der Waals surface area contributed by atoms with Crippen LogP contribution >= 0.6 is 0 Å². The molecule has 0 saturated carbocycles. The minimum absolute atomic E-state index is 0.208. The van der Waals surface area contributed by atoms with Crippen molar-refractivity contribution in [2.75, 3.05) is 11.5 Å². The fraction of sp³-hybridized carbons (Fsp3) is 0.241. The Bertz CT molecular complexity index is 1410. The Hall–Kier alpha value is -4.10. The molecule has 0 radical (unpaired) electrons. The topological polar surface area (TPSA) is 90.0 Å². The first-order valence-electron chi connectivity index (χ1n) is 11.9. The van der Waals surface area contributed by atoms with Gasteiger partial charge in [0, 0.05) is 11.1 Å². The molecule has 3 atom stereocenters. The van der Waals surface area contributed by atoms with Crippen LogP contribution in [0.2, 0.25) is 0 Å². The van der Waals surface area contributed by atoms with Gasteiger partial charge in [0.05, 0.1) is 30.2 Å². The fourth-order valence-corrected chi connectivity index (χ4v) is 5.73. The predicted octanol–water partition coefficient (Wildman–Crippen LogP) is 4.09. The van der Waals surface area contributed by atoms with Gasteiger partial charge in [-0.2, -0.15) is 0 Å². The van der Waals surface area contributed by atoms with E-state index in [-0.39, 0.29) is 16.8 Å². The number of amides is 2. The van der Waals surface area contributed by atoms with Gasteiger partial charge in [-0.05, 0) is 31.5 Å². The van der Waals surface area contributed by atoms with Gasteiger partial charge in [-0.25, -0.2) is 4.90 Å². The second-order valence-electron chi connectivity index (χ2n) is 9.30. The number of hydrogen-bond acceptors (Lipinski definition) is 6. The minimum atomic E-state index is -2.09. The van der Waals surface area contributed by atoms with Gasteiger partial charge in [-0.3, -0.25) is 19.2 Å². The van der Waals surface area contributed by atoms with Crippen LogP contribution in [-0.2, 0) is 14.3 Å². The molecule has 6 rings (SSSR count). The number of anilines is 1. The van der Waals surface area contributed by atoms with Gasteiger partial charge in [0.1, 0.15) is 5.75 Å². The Morgan fingerprint density at radius 3 is 2.08 bits per heavy atom. The minimum Gasteiger partial charge on any atom is -0.492 e. The number of ether oxygens (including phenoxy) is 2. The largest absolute Gasteiger partial charge is 0.492 e. The molecule has 2 fully saturated rings. The lowest BCUT2D eigenvalue weighted by Crippen LogP contribution is -2.51. The van der Waals surface area contributed by atoms with E-state index in [1.165, 1.54) is 0 Å². The maximum Gasteiger partial charge on any atom is 0.241 e. The molecule has 1 aliphatic carbocycles. The van der Waals surface area contributed by atoms with Gasteiger partial charge in [0.2, 0.25) is 29.0 Å². The third-order valence-corrected chi connectivity index (χ3v) is 7.33. The molecule has 0 N–H and O–H groups in total. The Morgan fingerprint density at radius 1 is 0.833 bits per heavy atom. The maximum absolute atomic E-state index is 14.1. The van der Waals surface area contributed by atoms with Crippen molar-refractivity contribution >= 4 is 29.1 Å². The highest BCUT2D eigenvalue weighted by atomic mass is 16.5. The first-order valence-corrected chi connectivity index (χ1v) is 11.9. The number of carbonyl (C=O) groups excluding carboxylic acids is 4. The summed E-state index contributed by atoms with van der Waals surface area (Å²) in [6.07, 6.45) is -0.946. The van der Waals surface area contributed by atoms with E-state index in [4.69, 9.17) is 9.47 Å². The number of benzene rings is 3. The number of nitrogens with zero attached hydrogens (tertiary/aromatic N) is 1. The summed E-state index contributed by atoms with van der Waals surface area (Å²) in [5.74, 6) is -4.27. The number of imide groups is 1. The van der Waals surface area contributed by atoms with E-state index in [1.807, 2.05) is 38.1 Å². The summed E-state index contributed by atoms with van der Waals surface area (Å²) in [6, 6.07) is 20.6. The standard InChI is InChI=1S/C29H23NO6/c1-3-35-21-11-7-6-10-20(21)30-27(33)22-23(28(30)34)29(36-24(22)17-14-12-16(2)13-15-17)25(31)18-8-4-5-9-19(18)26(29)32/h4-15,22-24H,3H2,1-2H3/t22-,23+,24+/m0/s1. The molecule has 0 unspecified atom stereocenters. The molecule has 2 saturated heterocycles. The first kappa shape index (κ1) is 22.4. The van der Waals surface area contributed by atoms with Crippen LogP contribution in [0.15, 0.2) is 72.8 Å². The van der Waals surface area contributed by atoms with E-state index in [9.17, 15) is 19.2 Å². The van der Waals surface area contributed by atoms with E-state index in [0.29, 0.717) is 17.9 Å². The van der Waals surface area contributed by atoms with Crippen molar-refractivity contribution in [3.05, 3.63) is 95.1 Å². The van der Waals surface area contributed by atoms with Crippen molar-refractivity contribution in [2.45, 2.75) is 25.6 Å². The van der Waals surface area contributed by atoms with E-state index >= 15 is 0 Å². The van der Waals surface area contributed by atoms with Crippen molar-refractivity contribution in [1.29, 1.82) is 0 Å². The van der Waals surface area contributed by atoms with Gasteiger partial charge in [0.25, 0.3) is 0 Å². The van der Waals surface area contributed by atoms with Gasteiger partial charge in [0.15, 0.2) is 0 Å². The van der Waals surface area contributed by atoms with E-state index in [2.05, 4.69) is 0 Å². The highest BCUT2D eigenvalue weighted by Crippen LogP contribution is 2.58. The van der Waals surface area contributed by atoms with Crippen LogP contribution in [0.3, 0.4) is 0 Å². The molecule has 2 aliphatic heterocycles. The van der Waals surface area contributed by atoms with Gasteiger partial charge < -0.3 is 9.47 Å². The van der Waals surface area contributed by atoms with E-state index in [0.717, 1.165) is 10.5 Å². The summed E-state index contributed by atoms with van der Waals surface area (Å²) in [5, 5.41) is 0. The van der Waals surface area contributed by atoms with Crippen LogP contribution in [0.5, 0.6) is 5.75 Å². The number of hydrogen-bond donors (Lipinski definition) is 0. The number of Topliss-reactive ketones (excluding diaryl/α,β-unsaturated/α-hetero) is 2. The summed E-state index contributed by atoms with van der Waals surface area (Å²) >= 11 is 0. The molecule has 2 heterocycles. The third kappa shape index (κ3) is 2.83. The lowest BCUT2D eigenvalue weighted by molar-refractivity contribution is -0.127. The summed E-state index contributed by atoms with van der Waals surface area (Å²) in [5.41, 5.74) is 0.247. The molecule has 3 aromatic rings. The smallest absolute Gasteiger partial charge is 0.241 e. The Morgan fingerprint density at radius 2 is 1.44 bits per heavy atom. The van der Waals surface area contributed by atoms with Gasteiger partial charge in [-0.15, -0.1) is 0 Å². The predicted molar refractivity (Wildman–Crippen MR) is 130 cm³/mol. The molecule has 0 aromatic heterocycles. The van der Waals surface area contributed by atoms with E-state index in [1.54, 1.807) is 48.5 Å². The molecular formula is C29H23NO6. The van der Waals surface area contributed by atoms with Crippen LogP contribution in [0.25, 0.3) is 0 Å². The fourth-order valence-electron chi connectivity index (χ4n) is 5.73. The van der Waals surface area contributed by atoms with Crippen LogP contribution in [0.4, 0.5) is 5.69 Å². The number of fused-ring (bicyclic) bond motifs is 3. The average molecular weight is 482 g/mol. The molecule has 3 aromatic carbocycles. The monoisotopic (exact) mass is 481 g/mol. The highest BCUT2D eigenvalue weighted by molar-refractivity contribution is 6.37. The Balaban J connectivity index is 1.54. The van der Waals surface area contributed by atoms with Crippen molar-refractivity contribution in [1.82, 2.24) is 0 Å². The SMILES string of the molecule is CCOc1ccccc1N1C(=O)[C@@H]2[C@@H](c3ccc(C)cc3)OC3(C(=O)c4ccccc4C3=O)[C@H]2C1=O. The molecule has 0 bridgehead atoms. The number of rotatable bonds is 4. The molecule has 1 spiro atoms. The zero-order chi connectivity index (χ0) is 25.2. The number of aryl methyl sites for hydroxylation is 1. The quantitative estimate of drug-likeness (QED) is 0.412. The normalized spacial score (nSPS) is 23.9. The summed E-state index contributed by atoms with van der Waals surface area (Å²) in [7, 11) is 0. The molecule has 7 heteroatoms. The van der Waals surface area contributed by atoms with Gasteiger partial charge >= 0.3 is 0 Å². The summed E-state index contributed by atoms with van der Waals surface area (Å²) in [4.78, 5) is 56.7. The molecular weight excluding hydrogens is 458 g/mol. The van der Waals surface area contributed by atoms with Crippen LogP contribution in [0, 0.1) is 18.8 Å². The van der Waals surface area contributed by atoms with Gasteiger partial charge in [-0.1, -0.05) is 66.2 Å². The average Bonchev–Trinajstić information content (AvgIpc) is 3.45. The lowest BCUT2D eigenvalue weighted by Gasteiger charge is -2.27. The first-order chi connectivity index (χ1) is 17.4. The zero-order valence-corrected chi connectivity index (χ0v) is 19.8. The number of ketones is 2. The van der Waals surface area contributed by atoms with Crippen LogP contribution in [-0.4, -0.2) is 35.6 Å². The second kappa shape index (κ2) is 7.96. The number of carbonyl (C=O) groups is 4. The maximum atomic E-state index is 14.1. The molecule has 7 nitrogen and oxygen atoms in total. The van der Waals surface area contributed by atoms with Crippen molar-refractivity contribution < 1.29 is 28.7 Å². The van der Waals surface area contributed by atoms with Crippen LogP contribution < -0.4 is 9.64 Å².